The number of carbonyl (C=O) groups is 2. The summed E-state index contributed by atoms with van der Waals surface area (Å²) in [6.07, 6.45) is 5.30. The molecule has 2 aliphatic rings. The molecule has 1 aromatic carbocycles. The second-order valence-corrected chi connectivity index (χ2v) is 7.50. The average Bonchev–Trinajstić information content (AvgIpc) is 3.55. The molecule has 26 heavy (non-hydrogen) atoms. The largest absolute Gasteiger partial charge is 0.446 e. The maximum absolute atomic E-state index is 12.7. The zero-order valence-electron chi connectivity index (χ0n) is 14.1. The van der Waals surface area contributed by atoms with Crippen LogP contribution in [0.4, 0.5) is 10.5 Å². The van der Waals surface area contributed by atoms with Crippen LogP contribution in [0, 0.1) is 0 Å². The fourth-order valence-electron chi connectivity index (χ4n) is 2.62. The van der Waals surface area contributed by atoms with Crippen LogP contribution in [-0.4, -0.2) is 33.9 Å². The van der Waals surface area contributed by atoms with Crippen molar-refractivity contribution in [3.8, 4) is 0 Å². The van der Waals surface area contributed by atoms with Gasteiger partial charge in [-0.15, -0.1) is 0 Å². The molecule has 4 rings (SSSR count). The molecular formula is C18H19BrN4O3. The molecule has 136 valence electrons. The van der Waals surface area contributed by atoms with Crippen molar-refractivity contribution in [2.24, 2.45) is 0 Å². The predicted molar refractivity (Wildman–Crippen MR) is 98.7 cm³/mol. The van der Waals surface area contributed by atoms with Gasteiger partial charge in [0.1, 0.15) is 6.26 Å². The van der Waals surface area contributed by atoms with E-state index in [1.165, 1.54) is 6.26 Å². The third-order valence-corrected chi connectivity index (χ3v) is 5.06. The number of nitrogens with one attached hydrogen (secondary N) is 2. The maximum Gasteiger partial charge on any atom is 0.322 e. The van der Waals surface area contributed by atoms with Gasteiger partial charge in [0, 0.05) is 16.6 Å². The quantitative estimate of drug-likeness (QED) is 0.750. The van der Waals surface area contributed by atoms with E-state index in [-0.39, 0.29) is 36.3 Å². The molecule has 7 nitrogen and oxygen atoms in total. The van der Waals surface area contributed by atoms with Gasteiger partial charge in [0.2, 0.25) is 5.89 Å². The predicted octanol–water partition coefficient (Wildman–Crippen LogP) is 3.53. The number of rotatable bonds is 6. The highest BCUT2D eigenvalue weighted by Crippen LogP contribution is 2.30. The minimum Gasteiger partial charge on any atom is -0.446 e. The zero-order chi connectivity index (χ0) is 18.1. The van der Waals surface area contributed by atoms with Crippen molar-refractivity contribution >= 4 is 33.6 Å². The molecule has 0 bridgehead atoms. The molecule has 0 saturated heterocycles. The van der Waals surface area contributed by atoms with Crippen molar-refractivity contribution in [1.82, 2.24) is 15.2 Å². The minimum absolute atomic E-state index is 0.174. The van der Waals surface area contributed by atoms with Gasteiger partial charge in [-0.25, -0.2) is 9.78 Å². The standard InChI is InChI=1S/C18H19BrN4O3/c19-13-3-1-2-4-14(13)22-18(25)23(12-7-8-12)9-16-21-15(10-26-16)17(24)20-11-5-6-11/h1-4,10-12H,5-9H2,(H,20,24)(H,22,25). The van der Waals surface area contributed by atoms with Crippen molar-refractivity contribution in [1.29, 1.82) is 0 Å². The third kappa shape index (κ3) is 4.07. The Morgan fingerprint density at radius 1 is 1.23 bits per heavy atom. The van der Waals surface area contributed by atoms with Crippen LogP contribution in [0.25, 0.3) is 0 Å². The molecule has 1 heterocycles. The van der Waals surface area contributed by atoms with Gasteiger partial charge in [0.05, 0.1) is 12.2 Å². The van der Waals surface area contributed by atoms with Gasteiger partial charge in [0.15, 0.2) is 5.69 Å². The Hall–Kier alpha value is -2.35. The van der Waals surface area contributed by atoms with E-state index >= 15 is 0 Å². The van der Waals surface area contributed by atoms with Crippen LogP contribution >= 0.6 is 15.9 Å². The van der Waals surface area contributed by atoms with E-state index in [4.69, 9.17) is 4.42 Å². The van der Waals surface area contributed by atoms with Gasteiger partial charge in [-0.2, -0.15) is 0 Å². The highest BCUT2D eigenvalue weighted by atomic mass is 79.9. The molecule has 2 N–H and O–H groups in total. The van der Waals surface area contributed by atoms with Crippen LogP contribution in [0.1, 0.15) is 42.1 Å². The summed E-state index contributed by atoms with van der Waals surface area (Å²) < 4.78 is 6.24. The number of hydrogen-bond donors (Lipinski definition) is 2. The van der Waals surface area contributed by atoms with E-state index < -0.39 is 0 Å². The number of benzene rings is 1. The van der Waals surface area contributed by atoms with Gasteiger partial charge in [-0.3, -0.25) is 4.79 Å². The first-order valence-corrected chi connectivity index (χ1v) is 9.47. The molecule has 0 unspecified atom stereocenters. The second-order valence-electron chi connectivity index (χ2n) is 6.64. The molecule has 2 aromatic rings. The Balaban J connectivity index is 1.42. The molecule has 2 saturated carbocycles. The molecule has 0 atom stereocenters. The molecule has 0 aliphatic heterocycles. The van der Waals surface area contributed by atoms with Crippen LogP contribution in [0.2, 0.25) is 0 Å². The van der Waals surface area contributed by atoms with Gasteiger partial charge in [-0.05, 0) is 53.7 Å². The summed E-state index contributed by atoms with van der Waals surface area (Å²) in [5.74, 6) is 0.137. The lowest BCUT2D eigenvalue weighted by Gasteiger charge is -2.21. The molecule has 1 aromatic heterocycles. The molecular weight excluding hydrogens is 400 g/mol. The number of carbonyl (C=O) groups excluding carboxylic acids is 2. The monoisotopic (exact) mass is 418 g/mol. The van der Waals surface area contributed by atoms with E-state index in [9.17, 15) is 9.59 Å². The second kappa shape index (κ2) is 7.11. The Morgan fingerprint density at radius 2 is 2.00 bits per heavy atom. The summed E-state index contributed by atoms with van der Waals surface area (Å²) in [7, 11) is 0. The Kier molecular flexibility index (Phi) is 4.67. The summed E-state index contributed by atoms with van der Waals surface area (Å²) in [5, 5.41) is 5.78. The minimum atomic E-state index is -0.224. The SMILES string of the molecule is O=C(NC1CC1)c1coc(CN(C(=O)Nc2ccccc2Br)C2CC2)n1. The average molecular weight is 419 g/mol. The van der Waals surface area contributed by atoms with Gasteiger partial charge in [0.25, 0.3) is 5.91 Å². The number of aromatic nitrogens is 1. The molecule has 2 aliphatic carbocycles. The van der Waals surface area contributed by atoms with Crippen molar-refractivity contribution in [2.45, 2.75) is 44.3 Å². The zero-order valence-corrected chi connectivity index (χ0v) is 15.7. The van der Waals surface area contributed by atoms with Gasteiger partial charge in [-0.1, -0.05) is 12.1 Å². The Morgan fingerprint density at radius 3 is 2.69 bits per heavy atom. The highest BCUT2D eigenvalue weighted by molar-refractivity contribution is 9.10. The first-order chi connectivity index (χ1) is 12.6. The van der Waals surface area contributed by atoms with Gasteiger partial charge < -0.3 is 20.0 Å². The highest BCUT2D eigenvalue weighted by Gasteiger charge is 2.34. The van der Waals surface area contributed by atoms with Crippen LogP contribution in [0.15, 0.2) is 39.4 Å². The number of anilines is 1. The molecule has 2 fully saturated rings. The molecule has 0 radical (unpaired) electrons. The van der Waals surface area contributed by atoms with E-state index in [2.05, 4.69) is 31.5 Å². The fraction of sp³-hybridized carbons (Fsp3) is 0.389. The van der Waals surface area contributed by atoms with Crippen LogP contribution in [0.3, 0.4) is 0 Å². The number of nitrogens with zero attached hydrogens (tertiary/aromatic N) is 2. The molecule has 0 spiro atoms. The van der Waals surface area contributed by atoms with Crippen LogP contribution in [-0.2, 0) is 6.54 Å². The van der Waals surface area contributed by atoms with Crippen molar-refractivity contribution in [3.05, 3.63) is 46.6 Å². The smallest absolute Gasteiger partial charge is 0.322 e. The van der Waals surface area contributed by atoms with E-state index in [0.717, 1.165) is 30.2 Å². The number of amides is 3. The Labute approximate surface area is 159 Å². The lowest BCUT2D eigenvalue weighted by Crippen LogP contribution is -2.36. The summed E-state index contributed by atoms with van der Waals surface area (Å²) in [5.41, 5.74) is 0.967. The fourth-order valence-corrected chi connectivity index (χ4v) is 3.01. The Bertz CT molecular complexity index is 829. The first kappa shape index (κ1) is 17.1. The number of oxazole rings is 1. The van der Waals surface area contributed by atoms with Gasteiger partial charge >= 0.3 is 6.03 Å². The molecule has 8 heteroatoms. The van der Waals surface area contributed by atoms with Crippen LogP contribution in [0.5, 0.6) is 0 Å². The third-order valence-electron chi connectivity index (χ3n) is 4.37. The number of para-hydroxylation sites is 1. The number of halogens is 1. The maximum atomic E-state index is 12.7. The normalized spacial score (nSPS) is 16.2. The first-order valence-electron chi connectivity index (χ1n) is 8.67. The van der Waals surface area contributed by atoms with Crippen LogP contribution < -0.4 is 10.6 Å². The topological polar surface area (TPSA) is 87.5 Å². The summed E-state index contributed by atoms with van der Waals surface area (Å²) in [4.78, 5) is 30.7. The number of urea groups is 1. The lowest BCUT2D eigenvalue weighted by molar-refractivity contribution is 0.0946. The summed E-state index contributed by atoms with van der Waals surface area (Å²) >= 11 is 3.43. The summed E-state index contributed by atoms with van der Waals surface area (Å²) in [6, 6.07) is 7.68. The van der Waals surface area contributed by atoms with E-state index in [0.29, 0.717) is 11.6 Å². The summed E-state index contributed by atoms with van der Waals surface area (Å²) in [6.45, 7) is 0.234. The number of hydrogen-bond acceptors (Lipinski definition) is 4. The van der Waals surface area contributed by atoms with E-state index in [1.807, 2.05) is 24.3 Å². The lowest BCUT2D eigenvalue weighted by atomic mass is 10.3. The van der Waals surface area contributed by atoms with Crippen molar-refractivity contribution in [2.75, 3.05) is 5.32 Å². The van der Waals surface area contributed by atoms with Crippen molar-refractivity contribution < 1.29 is 14.0 Å². The van der Waals surface area contributed by atoms with E-state index in [1.54, 1.807) is 4.90 Å². The molecule has 3 amide bonds. The van der Waals surface area contributed by atoms with Crippen molar-refractivity contribution in [3.63, 3.8) is 0 Å².